The third-order valence-corrected chi connectivity index (χ3v) is 17.6. The van der Waals surface area contributed by atoms with E-state index >= 15 is 0 Å². The van der Waals surface area contributed by atoms with E-state index in [2.05, 4.69) is 137 Å². The highest BCUT2D eigenvalue weighted by Crippen LogP contribution is 2.66. The van der Waals surface area contributed by atoms with Crippen LogP contribution in [-0.4, -0.2) is 94.5 Å². The van der Waals surface area contributed by atoms with Crippen molar-refractivity contribution >= 4 is 74.6 Å². The van der Waals surface area contributed by atoms with Crippen molar-refractivity contribution in [2.75, 3.05) is 36.9 Å². The van der Waals surface area contributed by atoms with E-state index in [1.807, 2.05) is 0 Å². The van der Waals surface area contributed by atoms with E-state index in [0.29, 0.717) is 56.4 Å². The van der Waals surface area contributed by atoms with Gasteiger partial charge >= 0.3 is 29.4 Å². The van der Waals surface area contributed by atoms with Crippen molar-refractivity contribution in [2.24, 2.45) is 0 Å². The first-order valence-electron chi connectivity index (χ1n) is 24.2. The molecule has 4 aliphatic heterocycles. The van der Waals surface area contributed by atoms with E-state index in [0.717, 1.165) is 46.4 Å². The Hall–Kier alpha value is -6.30. The maximum atomic E-state index is 13.8. The first-order valence-corrected chi connectivity index (χ1v) is 28.7. The standard InChI is InChI=1S/C51H56N7O15P3/c1-9-57-39-21-41-37(19-34(39)28(3)23-50(57,5)6)45(38-20-35-29(4)24-51(7,8)58(10-2)40(35)22-42(38)71-41)33-15-13-30(18-36(33)49(60)61)48(59)53-17-11-12-31-25-56(47-44(31)46(52)54-27-55-47)43-16-14-32(70-43)26-69-75(65,66)73-76(67,68)72-74(62,63)64/h13,15,18-25,27,32,43H,9-10,14,16-17,26H2,1-8H3,(H7-,52,53,54,55,59,60,61,62,63,64,65,66,67,68)/p+1/t32-,43+/m0/s1. The lowest BCUT2D eigenvalue weighted by Gasteiger charge is -2.43. The molecule has 25 heteroatoms. The summed E-state index contributed by atoms with van der Waals surface area (Å²) < 4.78 is 64.2. The van der Waals surface area contributed by atoms with E-state index in [1.165, 1.54) is 12.4 Å². The molecule has 9 rings (SSSR count). The van der Waals surface area contributed by atoms with Crippen LogP contribution in [0.1, 0.15) is 123 Å². The average Bonchev–Trinajstić information content (AvgIpc) is 4.00. The number of amides is 1. The molecule has 22 nitrogen and oxygen atoms in total. The number of likely N-dealkylation sites (N-methyl/N-ethyl adjacent to an activating group) is 2. The summed E-state index contributed by atoms with van der Waals surface area (Å²) >= 11 is 0. The maximum absolute atomic E-state index is 13.8. The zero-order valence-corrected chi connectivity index (χ0v) is 45.4. The Morgan fingerprint density at radius 2 is 1.64 bits per heavy atom. The molecule has 8 N–H and O–H groups in total. The summed E-state index contributed by atoms with van der Waals surface area (Å²) in [5.74, 6) is 5.34. The number of carbonyl (C=O) groups excluding carboxylic acids is 1. The predicted octanol–water partition coefficient (Wildman–Crippen LogP) is 6.60. The van der Waals surface area contributed by atoms with Crippen molar-refractivity contribution in [3.63, 3.8) is 0 Å². The minimum absolute atomic E-state index is 0.0845. The van der Waals surface area contributed by atoms with E-state index < -0.39 is 54.3 Å². The van der Waals surface area contributed by atoms with Gasteiger partial charge in [0.25, 0.3) is 5.91 Å². The first-order chi connectivity index (χ1) is 35.6. The van der Waals surface area contributed by atoms with Gasteiger partial charge in [0.15, 0.2) is 5.54 Å². The third kappa shape index (κ3) is 10.6. The number of allylic oxidation sites excluding steroid dienone is 2. The number of carbonyl (C=O) groups is 2. The molecular formula is C51H57N7O15P3+. The van der Waals surface area contributed by atoms with Crippen molar-refractivity contribution in [1.29, 1.82) is 0 Å². The minimum Gasteiger partial charge on any atom is -0.478 e. The number of anilines is 2. The fourth-order valence-corrected chi connectivity index (χ4v) is 13.9. The van der Waals surface area contributed by atoms with Crippen LogP contribution in [-0.2, 0) is 31.6 Å². The van der Waals surface area contributed by atoms with Gasteiger partial charge in [0.05, 0.1) is 47.4 Å². The molecule has 0 saturated carbocycles. The van der Waals surface area contributed by atoms with Gasteiger partial charge < -0.3 is 54.7 Å². The number of carboxylic acid groups (broad SMARTS) is 1. The largest absolute Gasteiger partial charge is 0.490 e. The molecule has 5 aromatic rings. The van der Waals surface area contributed by atoms with Crippen LogP contribution in [0.3, 0.4) is 0 Å². The summed E-state index contributed by atoms with van der Waals surface area (Å²) in [6, 6.07) is 12.9. The topological polar surface area (TPSA) is 308 Å². The van der Waals surface area contributed by atoms with Gasteiger partial charge in [-0.15, -0.1) is 0 Å². The number of rotatable bonds is 14. The molecular weight excluding hydrogens is 1040 g/mol. The second kappa shape index (κ2) is 19.9. The van der Waals surface area contributed by atoms with E-state index in [4.69, 9.17) is 29.5 Å². The van der Waals surface area contributed by atoms with E-state index in [9.17, 15) is 38.2 Å². The monoisotopic (exact) mass is 1100 g/mol. The Morgan fingerprint density at radius 3 is 2.34 bits per heavy atom. The first kappa shape index (κ1) is 54.5. The SMILES string of the molecule is CCN1c2cc3c(cc2C(C)=CC1(C)C)C(c1ccc(C(=O)NCC#Cc2cn([C@H]4CC[C@@H](COP(=O)(O)OP(=O)(O)OP(=O)(O)O)O4)c4ncnc(N)c24)cc1C(=O)O)=c1cc2c(cc1O3)=[N+](CC)C(C)(C)C=C2C. The number of ether oxygens (including phenoxy) is 2. The third-order valence-electron chi connectivity index (χ3n) is 13.8. The van der Waals surface area contributed by atoms with Crippen LogP contribution in [0.25, 0.3) is 27.8 Å². The molecule has 0 aliphatic carbocycles. The van der Waals surface area contributed by atoms with Crippen LogP contribution in [0.15, 0.2) is 67.1 Å². The highest BCUT2D eigenvalue weighted by molar-refractivity contribution is 7.66. The fourth-order valence-electron chi connectivity index (χ4n) is 10.8. The fraction of sp³-hybridized carbons (Fsp3) is 0.353. The minimum atomic E-state index is -5.71. The molecule has 76 heavy (non-hydrogen) atoms. The number of fused-ring (bicyclic) bond motifs is 5. The van der Waals surface area contributed by atoms with Crippen molar-refractivity contribution in [1.82, 2.24) is 24.4 Å². The van der Waals surface area contributed by atoms with E-state index in [-0.39, 0.29) is 41.0 Å². The van der Waals surface area contributed by atoms with Crippen molar-refractivity contribution < 1.29 is 70.6 Å². The van der Waals surface area contributed by atoms with Gasteiger partial charge in [-0.05, 0) is 101 Å². The van der Waals surface area contributed by atoms with Gasteiger partial charge in [-0.25, -0.2) is 33.0 Å². The Labute approximate surface area is 436 Å². The lowest BCUT2D eigenvalue weighted by atomic mass is 9.83. The lowest BCUT2D eigenvalue weighted by molar-refractivity contribution is -0.0202. The number of phosphoric acid groups is 3. The highest BCUT2D eigenvalue weighted by Gasteiger charge is 2.42. The number of nitrogens with one attached hydrogen (secondary N) is 1. The molecule has 0 spiro atoms. The van der Waals surface area contributed by atoms with Crippen LogP contribution in [0.5, 0.6) is 11.5 Å². The molecule has 4 atom stereocenters. The second-order valence-electron chi connectivity index (χ2n) is 19.8. The number of phosphoric ester groups is 1. The molecule has 1 fully saturated rings. The summed E-state index contributed by atoms with van der Waals surface area (Å²) in [4.78, 5) is 75.0. The normalized spacial score (nSPS) is 19.9. The molecule has 3 aromatic carbocycles. The summed E-state index contributed by atoms with van der Waals surface area (Å²) in [6.45, 7) is 17.7. The predicted molar refractivity (Wildman–Crippen MR) is 282 cm³/mol. The van der Waals surface area contributed by atoms with Crippen LogP contribution in [0.4, 0.5) is 11.5 Å². The Morgan fingerprint density at radius 1 is 0.908 bits per heavy atom. The van der Waals surface area contributed by atoms with Crippen LogP contribution in [0.2, 0.25) is 0 Å². The van der Waals surface area contributed by atoms with Gasteiger partial charge in [-0.1, -0.05) is 24.0 Å². The van der Waals surface area contributed by atoms with Gasteiger partial charge in [0, 0.05) is 71.4 Å². The zero-order valence-electron chi connectivity index (χ0n) is 42.7. The number of nitrogen functional groups attached to an aromatic ring is 1. The molecule has 1 amide bonds. The van der Waals surface area contributed by atoms with Crippen LogP contribution < -0.4 is 35.8 Å². The molecule has 2 aromatic heterocycles. The molecule has 0 radical (unpaired) electrons. The van der Waals surface area contributed by atoms with Gasteiger partial charge in [0.1, 0.15) is 42.1 Å². The number of nitrogens with two attached hydrogens (primary N) is 1. The molecule has 400 valence electrons. The number of aromatic nitrogens is 3. The summed E-state index contributed by atoms with van der Waals surface area (Å²) in [7, 11) is -16.7. The second-order valence-corrected chi connectivity index (χ2v) is 24.2. The summed E-state index contributed by atoms with van der Waals surface area (Å²) in [5, 5.41) is 15.8. The van der Waals surface area contributed by atoms with Crippen molar-refractivity contribution in [3.05, 3.63) is 117 Å². The number of benzene rings is 3. The molecule has 4 aliphatic rings. The Kier molecular flexibility index (Phi) is 14.3. The van der Waals surface area contributed by atoms with E-state index in [1.54, 1.807) is 22.9 Å². The number of hydrogen-bond acceptors (Lipinski definition) is 14. The number of aromatic carboxylic acids is 1. The van der Waals surface area contributed by atoms with Crippen molar-refractivity contribution in [2.45, 2.75) is 91.6 Å². The zero-order chi connectivity index (χ0) is 55.0. The quantitative estimate of drug-likeness (QED) is 0.0343. The summed E-state index contributed by atoms with van der Waals surface area (Å²) in [6.07, 6.45) is 6.26. The molecule has 6 heterocycles. The Balaban J connectivity index is 1.00. The molecule has 0 bridgehead atoms. The smallest absolute Gasteiger partial charge is 0.478 e. The Bertz CT molecular complexity index is 3720. The van der Waals surface area contributed by atoms with Crippen LogP contribution in [0, 0.1) is 11.8 Å². The molecule has 1 saturated heterocycles. The number of carboxylic acids is 1. The van der Waals surface area contributed by atoms with Crippen LogP contribution >= 0.6 is 23.5 Å². The van der Waals surface area contributed by atoms with Gasteiger partial charge in [-0.3, -0.25) is 9.32 Å². The number of nitrogens with zero attached hydrogens (tertiary/aromatic N) is 5. The number of hydrogen-bond donors (Lipinski definition) is 7. The summed E-state index contributed by atoms with van der Waals surface area (Å²) in [5.41, 5.74) is 13.3. The van der Waals surface area contributed by atoms with Gasteiger partial charge in [0.2, 0.25) is 5.36 Å². The van der Waals surface area contributed by atoms with Crippen molar-refractivity contribution in [3.8, 4) is 23.3 Å². The van der Waals surface area contributed by atoms with Gasteiger partial charge in [-0.2, -0.15) is 8.62 Å². The maximum Gasteiger partial charge on any atom is 0.490 e. The highest BCUT2D eigenvalue weighted by atomic mass is 31.3. The molecule has 2 unspecified atom stereocenters. The lowest BCUT2D eigenvalue weighted by Crippen LogP contribution is -2.49. The average molecular weight is 1100 g/mol.